The molecular formula is C15H24O. The predicted molar refractivity (Wildman–Crippen MR) is 64.2 cm³/mol. The van der Waals surface area contributed by atoms with Crippen LogP contribution in [0.25, 0.3) is 0 Å². The minimum absolute atomic E-state index is 0.239. The monoisotopic (exact) mass is 220 g/mol. The molecule has 0 unspecified atom stereocenters. The first-order chi connectivity index (χ1) is 7.42. The standard InChI is InChI=1S/C15H24O/c1-10-6-9-14-7-5-8-15(10,14)13(4)11(16-13)12(14,2)3/h10-11H,5-9H2,1-4H3/t10-,11-,13-,14+,15-/m1/s1. The predicted octanol–water partition coefficient (Wildman–Crippen LogP) is 3.77. The number of fused-ring (bicyclic) bond motifs is 1. The highest BCUT2D eigenvalue weighted by Gasteiger charge is 2.88. The van der Waals surface area contributed by atoms with Crippen LogP contribution in [0, 0.1) is 22.2 Å². The molecule has 0 aromatic rings. The Morgan fingerprint density at radius 1 is 1.06 bits per heavy atom. The molecule has 1 saturated heterocycles. The number of hydrogen-bond acceptors (Lipinski definition) is 1. The molecule has 0 amide bonds. The van der Waals surface area contributed by atoms with Crippen molar-refractivity contribution >= 4 is 0 Å². The summed E-state index contributed by atoms with van der Waals surface area (Å²) in [4.78, 5) is 0. The van der Waals surface area contributed by atoms with E-state index in [0.29, 0.717) is 22.3 Å². The van der Waals surface area contributed by atoms with Crippen molar-refractivity contribution in [2.45, 2.75) is 71.5 Å². The van der Waals surface area contributed by atoms with Gasteiger partial charge >= 0.3 is 0 Å². The molecule has 3 aliphatic carbocycles. The first-order valence-electron chi connectivity index (χ1n) is 7.10. The number of hydrogen-bond donors (Lipinski definition) is 0. The van der Waals surface area contributed by atoms with Crippen molar-refractivity contribution in [2.24, 2.45) is 22.2 Å². The largest absolute Gasteiger partial charge is 0.365 e. The minimum atomic E-state index is 0.239. The van der Waals surface area contributed by atoms with Crippen LogP contribution in [0.1, 0.15) is 59.8 Å². The van der Waals surface area contributed by atoms with Crippen molar-refractivity contribution < 1.29 is 4.74 Å². The van der Waals surface area contributed by atoms with Crippen LogP contribution < -0.4 is 0 Å². The maximum atomic E-state index is 6.24. The van der Waals surface area contributed by atoms with Crippen LogP contribution in [0.4, 0.5) is 0 Å². The molecule has 90 valence electrons. The Hall–Kier alpha value is -0.0400. The van der Waals surface area contributed by atoms with E-state index in [1.165, 1.54) is 32.1 Å². The van der Waals surface area contributed by atoms with Gasteiger partial charge in [0.05, 0.1) is 11.7 Å². The van der Waals surface area contributed by atoms with Crippen molar-refractivity contribution in [1.29, 1.82) is 0 Å². The van der Waals surface area contributed by atoms with E-state index < -0.39 is 0 Å². The zero-order valence-electron chi connectivity index (χ0n) is 11.1. The van der Waals surface area contributed by atoms with Gasteiger partial charge in [0.2, 0.25) is 0 Å². The molecule has 0 aromatic carbocycles. The molecule has 16 heavy (non-hydrogen) atoms. The van der Waals surface area contributed by atoms with Gasteiger partial charge in [-0.2, -0.15) is 0 Å². The highest BCUT2D eigenvalue weighted by atomic mass is 16.6. The summed E-state index contributed by atoms with van der Waals surface area (Å²) in [6.45, 7) is 9.91. The SMILES string of the molecule is C[C@@H]1CC[C@]23CCC[C@]12[C@]1(C)O[C@@H]1C3(C)C. The molecule has 1 heteroatoms. The molecule has 0 radical (unpaired) electrons. The molecule has 4 fully saturated rings. The van der Waals surface area contributed by atoms with E-state index in [-0.39, 0.29) is 5.60 Å². The highest BCUT2D eigenvalue weighted by Crippen LogP contribution is 2.87. The zero-order valence-corrected chi connectivity index (χ0v) is 11.1. The number of ether oxygens (including phenoxy) is 1. The Morgan fingerprint density at radius 3 is 2.50 bits per heavy atom. The summed E-state index contributed by atoms with van der Waals surface area (Å²) in [5.74, 6) is 0.881. The molecule has 0 spiro atoms. The summed E-state index contributed by atoms with van der Waals surface area (Å²) >= 11 is 0. The average molecular weight is 220 g/mol. The average Bonchev–Trinajstić information content (AvgIpc) is 2.62. The summed E-state index contributed by atoms with van der Waals surface area (Å²) in [7, 11) is 0. The second-order valence-corrected chi connectivity index (χ2v) is 7.67. The van der Waals surface area contributed by atoms with E-state index in [1.807, 2.05) is 0 Å². The molecule has 3 saturated carbocycles. The normalized spacial score (nSPS) is 65.2. The Labute approximate surface area is 98.9 Å². The molecule has 1 nitrogen and oxygen atoms in total. The van der Waals surface area contributed by atoms with Crippen molar-refractivity contribution in [3.8, 4) is 0 Å². The van der Waals surface area contributed by atoms with E-state index in [0.717, 1.165) is 5.92 Å². The Bertz CT molecular complexity index is 374. The number of rotatable bonds is 0. The fourth-order valence-corrected chi connectivity index (χ4v) is 6.98. The first-order valence-corrected chi connectivity index (χ1v) is 7.10. The number of epoxide rings is 1. The third-order valence-corrected chi connectivity index (χ3v) is 7.45. The summed E-state index contributed by atoms with van der Waals surface area (Å²) in [5, 5.41) is 0. The van der Waals surface area contributed by atoms with Crippen LogP contribution in [0.15, 0.2) is 0 Å². The van der Waals surface area contributed by atoms with Crippen LogP contribution in [0.3, 0.4) is 0 Å². The topological polar surface area (TPSA) is 12.5 Å². The smallest absolute Gasteiger partial charge is 0.0990 e. The molecule has 1 aliphatic heterocycles. The maximum Gasteiger partial charge on any atom is 0.0990 e. The molecule has 4 aliphatic rings. The maximum absolute atomic E-state index is 6.24. The minimum Gasteiger partial charge on any atom is -0.365 e. The van der Waals surface area contributed by atoms with Crippen LogP contribution >= 0.6 is 0 Å². The van der Waals surface area contributed by atoms with Gasteiger partial charge in [0, 0.05) is 10.8 Å². The van der Waals surface area contributed by atoms with Gasteiger partial charge in [0.1, 0.15) is 0 Å². The van der Waals surface area contributed by atoms with Gasteiger partial charge in [-0.3, -0.25) is 0 Å². The fourth-order valence-electron chi connectivity index (χ4n) is 6.98. The van der Waals surface area contributed by atoms with Crippen molar-refractivity contribution in [1.82, 2.24) is 0 Å². The fraction of sp³-hybridized carbons (Fsp3) is 1.00. The van der Waals surface area contributed by atoms with Gasteiger partial charge in [-0.15, -0.1) is 0 Å². The molecule has 4 rings (SSSR count). The second-order valence-electron chi connectivity index (χ2n) is 7.67. The Balaban J connectivity index is 1.99. The van der Waals surface area contributed by atoms with Crippen LogP contribution in [0.5, 0.6) is 0 Å². The van der Waals surface area contributed by atoms with Crippen molar-refractivity contribution in [2.75, 3.05) is 0 Å². The summed E-state index contributed by atoms with van der Waals surface area (Å²) in [6, 6.07) is 0. The lowest BCUT2D eigenvalue weighted by atomic mass is 9.57. The first kappa shape index (κ1) is 9.94. The highest BCUT2D eigenvalue weighted by molar-refractivity contribution is 5.36. The van der Waals surface area contributed by atoms with Gasteiger partial charge in [-0.05, 0) is 43.9 Å². The third kappa shape index (κ3) is 0.611. The van der Waals surface area contributed by atoms with E-state index in [2.05, 4.69) is 27.7 Å². The third-order valence-electron chi connectivity index (χ3n) is 7.45. The summed E-state index contributed by atoms with van der Waals surface area (Å²) < 4.78 is 6.24. The lowest BCUT2D eigenvalue weighted by Gasteiger charge is -2.49. The van der Waals surface area contributed by atoms with Crippen LogP contribution in [0.2, 0.25) is 0 Å². The Kier molecular flexibility index (Phi) is 1.40. The zero-order chi connectivity index (χ0) is 11.4. The quantitative estimate of drug-likeness (QED) is 0.566. The lowest BCUT2D eigenvalue weighted by molar-refractivity contribution is -0.0779. The molecule has 0 aromatic heterocycles. The van der Waals surface area contributed by atoms with E-state index >= 15 is 0 Å². The van der Waals surface area contributed by atoms with Gasteiger partial charge in [0.25, 0.3) is 0 Å². The lowest BCUT2D eigenvalue weighted by Crippen LogP contribution is -2.47. The van der Waals surface area contributed by atoms with E-state index in [1.54, 1.807) is 0 Å². The molecule has 0 bridgehead atoms. The molecule has 1 heterocycles. The molecule has 0 N–H and O–H groups in total. The van der Waals surface area contributed by atoms with Gasteiger partial charge in [0.15, 0.2) is 0 Å². The molecular weight excluding hydrogens is 196 g/mol. The van der Waals surface area contributed by atoms with Crippen LogP contribution in [-0.2, 0) is 4.74 Å². The van der Waals surface area contributed by atoms with E-state index in [9.17, 15) is 0 Å². The van der Waals surface area contributed by atoms with Gasteiger partial charge in [-0.1, -0.05) is 27.2 Å². The van der Waals surface area contributed by atoms with Crippen molar-refractivity contribution in [3.05, 3.63) is 0 Å². The van der Waals surface area contributed by atoms with Crippen LogP contribution in [-0.4, -0.2) is 11.7 Å². The van der Waals surface area contributed by atoms with Gasteiger partial charge < -0.3 is 4.74 Å². The summed E-state index contributed by atoms with van der Waals surface area (Å²) in [5.41, 5.74) is 1.82. The van der Waals surface area contributed by atoms with E-state index in [4.69, 9.17) is 4.74 Å². The Morgan fingerprint density at radius 2 is 1.81 bits per heavy atom. The second kappa shape index (κ2) is 2.25. The molecule has 5 atom stereocenters. The summed E-state index contributed by atoms with van der Waals surface area (Å²) in [6.07, 6.45) is 7.82. The van der Waals surface area contributed by atoms with Gasteiger partial charge in [-0.25, -0.2) is 0 Å². The van der Waals surface area contributed by atoms with Crippen molar-refractivity contribution in [3.63, 3.8) is 0 Å².